The van der Waals surface area contributed by atoms with Gasteiger partial charge in [-0.3, -0.25) is 4.40 Å². The Balaban J connectivity index is 1.78. The lowest BCUT2D eigenvalue weighted by molar-refractivity contribution is -0.685. The van der Waals surface area contributed by atoms with Crippen molar-refractivity contribution in [2.45, 2.75) is 6.92 Å². The highest BCUT2D eigenvalue weighted by molar-refractivity contribution is 5.81. The van der Waals surface area contributed by atoms with Crippen LogP contribution in [0.3, 0.4) is 0 Å². The van der Waals surface area contributed by atoms with Gasteiger partial charge in [0.25, 0.3) is 11.4 Å². The molecule has 1 aromatic carbocycles. The average Bonchev–Trinajstić information content (AvgIpc) is 3.21. The van der Waals surface area contributed by atoms with Gasteiger partial charge >= 0.3 is 0 Å². The number of nitrogens with zero attached hydrogens (tertiary/aromatic N) is 5. The molecule has 5 aromatic rings. The van der Waals surface area contributed by atoms with E-state index >= 15 is 0 Å². The molecule has 4 aromatic heterocycles. The van der Waals surface area contributed by atoms with Crippen LogP contribution < -0.4 is 9.13 Å². The summed E-state index contributed by atoms with van der Waals surface area (Å²) in [4.78, 5) is 4.82. The summed E-state index contributed by atoms with van der Waals surface area (Å²) in [5.41, 5.74) is 8.04. The second-order valence-corrected chi connectivity index (χ2v) is 7.40. The maximum absolute atomic E-state index is 4.82. The molecule has 0 aliphatic carbocycles. The zero-order valence-electron chi connectivity index (χ0n) is 16.6. The number of fused-ring (bicyclic) bond motifs is 3. The van der Waals surface area contributed by atoms with Crippen molar-refractivity contribution in [3.63, 3.8) is 0 Å². The summed E-state index contributed by atoms with van der Waals surface area (Å²) in [6.07, 6.45) is 4.27. The molecular formula is C23H23N5+2. The number of aromatic nitrogens is 5. The van der Waals surface area contributed by atoms with E-state index in [1.54, 1.807) is 0 Å². The van der Waals surface area contributed by atoms with Crippen LogP contribution in [0.15, 0.2) is 67.0 Å². The lowest BCUT2D eigenvalue weighted by Gasteiger charge is -2.07. The molecule has 28 heavy (non-hydrogen) atoms. The van der Waals surface area contributed by atoms with Crippen LogP contribution in [-0.2, 0) is 21.1 Å². The monoisotopic (exact) mass is 369 g/mol. The van der Waals surface area contributed by atoms with Gasteiger partial charge in [0, 0.05) is 37.5 Å². The SMILES string of the molecule is Cc1cc(-c2cn3c4ccccc4nc3n2C)[n+](C)c(-c2cccc[n+]2C)c1. The van der Waals surface area contributed by atoms with Crippen LogP contribution in [0, 0.1) is 6.92 Å². The van der Waals surface area contributed by atoms with E-state index in [2.05, 4.69) is 107 Å². The van der Waals surface area contributed by atoms with Crippen LogP contribution in [0.25, 0.3) is 39.6 Å². The number of pyridine rings is 2. The molecule has 0 radical (unpaired) electrons. The molecule has 0 amide bonds. The first-order valence-electron chi connectivity index (χ1n) is 9.43. The molecule has 5 nitrogen and oxygen atoms in total. The van der Waals surface area contributed by atoms with E-state index in [4.69, 9.17) is 4.98 Å². The maximum atomic E-state index is 4.82. The Morgan fingerprint density at radius 2 is 1.64 bits per heavy atom. The van der Waals surface area contributed by atoms with E-state index in [1.807, 2.05) is 6.07 Å². The van der Waals surface area contributed by atoms with Gasteiger partial charge in [0.1, 0.15) is 19.8 Å². The molecule has 0 N–H and O–H groups in total. The summed E-state index contributed by atoms with van der Waals surface area (Å²) in [5, 5.41) is 0. The summed E-state index contributed by atoms with van der Waals surface area (Å²) < 4.78 is 8.77. The van der Waals surface area contributed by atoms with Crippen molar-refractivity contribution in [2.75, 3.05) is 0 Å². The van der Waals surface area contributed by atoms with Crippen LogP contribution in [0.2, 0.25) is 0 Å². The van der Waals surface area contributed by atoms with Gasteiger partial charge in [-0.25, -0.2) is 4.98 Å². The van der Waals surface area contributed by atoms with Gasteiger partial charge < -0.3 is 4.57 Å². The smallest absolute Gasteiger partial charge is 0.277 e. The van der Waals surface area contributed by atoms with Crippen molar-refractivity contribution >= 4 is 16.8 Å². The molecule has 0 saturated carbocycles. The van der Waals surface area contributed by atoms with Crippen molar-refractivity contribution in [1.29, 1.82) is 0 Å². The maximum Gasteiger partial charge on any atom is 0.277 e. The molecule has 0 spiro atoms. The van der Waals surface area contributed by atoms with Crippen LogP contribution in [0.5, 0.6) is 0 Å². The molecule has 0 aliphatic heterocycles. The van der Waals surface area contributed by atoms with Crippen molar-refractivity contribution < 1.29 is 9.13 Å². The third-order valence-corrected chi connectivity index (χ3v) is 5.52. The number of aryl methyl sites for hydroxylation is 3. The molecule has 0 saturated heterocycles. The average molecular weight is 369 g/mol. The van der Waals surface area contributed by atoms with E-state index < -0.39 is 0 Å². The molecule has 0 unspecified atom stereocenters. The molecular weight excluding hydrogens is 346 g/mol. The van der Waals surface area contributed by atoms with Crippen LogP contribution in [0.4, 0.5) is 0 Å². The summed E-state index contributed by atoms with van der Waals surface area (Å²) in [6, 6.07) is 19.0. The Labute approximate surface area is 163 Å². The number of rotatable bonds is 2. The topological polar surface area (TPSA) is 30.0 Å². The first-order chi connectivity index (χ1) is 13.5. The van der Waals surface area contributed by atoms with Crippen molar-refractivity contribution in [2.24, 2.45) is 21.1 Å². The highest BCUT2D eigenvalue weighted by atomic mass is 15.2. The normalized spacial score (nSPS) is 11.6. The number of imidazole rings is 2. The summed E-state index contributed by atoms with van der Waals surface area (Å²) >= 11 is 0. The molecule has 138 valence electrons. The zero-order valence-corrected chi connectivity index (χ0v) is 16.6. The fourth-order valence-corrected chi connectivity index (χ4v) is 4.03. The Morgan fingerprint density at radius 3 is 2.46 bits per heavy atom. The number of para-hydroxylation sites is 2. The molecule has 0 atom stereocenters. The summed E-state index contributed by atoms with van der Waals surface area (Å²) in [6.45, 7) is 2.15. The molecule has 0 fully saturated rings. The van der Waals surface area contributed by atoms with E-state index in [-0.39, 0.29) is 0 Å². The second-order valence-electron chi connectivity index (χ2n) is 7.40. The Hall–Kier alpha value is -3.47. The van der Waals surface area contributed by atoms with Crippen LogP contribution >= 0.6 is 0 Å². The van der Waals surface area contributed by atoms with Gasteiger partial charge in [-0.1, -0.05) is 12.1 Å². The third kappa shape index (κ3) is 2.36. The minimum Gasteiger partial charge on any atom is -0.308 e. The van der Waals surface area contributed by atoms with E-state index in [0.717, 1.165) is 28.2 Å². The lowest BCUT2D eigenvalue weighted by Crippen LogP contribution is -2.40. The van der Waals surface area contributed by atoms with E-state index in [9.17, 15) is 0 Å². The lowest BCUT2D eigenvalue weighted by atomic mass is 10.1. The molecule has 4 heterocycles. The first kappa shape index (κ1) is 16.7. The largest absolute Gasteiger partial charge is 0.308 e. The number of benzene rings is 1. The standard InChI is InChI=1S/C23H23N5/c1-16-13-20(19-11-7-8-12-25(19)2)26(3)21(14-16)22-15-28-18-10-6-5-9-17(18)24-23(28)27(22)4/h5-15H,1-4H3/q+2. The van der Waals surface area contributed by atoms with Gasteiger partial charge in [0.05, 0.1) is 11.0 Å². The highest BCUT2D eigenvalue weighted by Gasteiger charge is 2.26. The zero-order chi connectivity index (χ0) is 19.4. The number of hydrogen-bond acceptors (Lipinski definition) is 1. The van der Waals surface area contributed by atoms with Crippen LogP contribution in [0.1, 0.15) is 5.56 Å². The Bertz CT molecular complexity index is 1360. The van der Waals surface area contributed by atoms with Crippen molar-refractivity contribution in [1.82, 2.24) is 14.0 Å². The molecule has 5 rings (SSSR count). The van der Waals surface area contributed by atoms with E-state index in [1.165, 1.54) is 17.0 Å². The molecule has 0 aliphatic rings. The predicted molar refractivity (Wildman–Crippen MR) is 110 cm³/mol. The van der Waals surface area contributed by atoms with Gasteiger partial charge in [0.2, 0.25) is 11.5 Å². The van der Waals surface area contributed by atoms with Crippen molar-refractivity contribution in [3.05, 3.63) is 72.6 Å². The number of hydrogen-bond donors (Lipinski definition) is 0. The minimum absolute atomic E-state index is 0.949. The van der Waals surface area contributed by atoms with Gasteiger partial charge in [0.15, 0.2) is 6.20 Å². The molecule has 0 bridgehead atoms. The summed E-state index contributed by atoms with van der Waals surface area (Å²) in [5.74, 6) is 0.949. The second kappa shape index (κ2) is 6.02. The minimum atomic E-state index is 0.949. The quantitative estimate of drug-likeness (QED) is 0.440. The fraction of sp³-hybridized carbons (Fsp3) is 0.174. The van der Waals surface area contributed by atoms with Gasteiger partial charge in [-0.05, 0) is 30.7 Å². The van der Waals surface area contributed by atoms with Gasteiger partial charge in [-0.15, -0.1) is 0 Å². The Kier molecular flexibility index (Phi) is 3.59. The predicted octanol–water partition coefficient (Wildman–Crippen LogP) is 3.12. The fourth-order valence-electron chi connectivity index (χ4n) is 4.03. The van der Waals surface area contributed by atoms with E-state index in [0.29, 0.717) is 0 Å². The Morgan fingerprint density at radius 1 is 0.893 bits per heavy atom. The highest BCUT2D eigenvalue weighted by Crippen LogP contribution is 2.25. The first-order valence-corrected chi connectivity index (χ1v) is 9.43. The van der Waals surface area contributed by atoms with Crippen molar-refractivity contribution in [3.8, 4) is 22.8 Å². The summed E-state index contributed by atoms with van der Waals surface area (Å²) in [7, 11) is 6.30. The molecule has 5 heteroatoms. The third-order valence-electron chi connectivity index (χ3n) is 5.52. The van der Waals surface area contributed by atoms with Gasteiger partial charge in [-0.2, -0.15) is 9.13 Å². The van der Waals surface area contributed by atoms with Crippen LogP contribution in [-0.4, -0.2) is 14.0 Å².